The van der Waals surface area contributed by atoms with Crippen LogP contribution in [0.3, 0.4) is 0 Å². The zero-order valence-corrected chi connectivity index (χ0v) is 12.7. The summed E-state index contributed by atoms with van der Waals surface area (Å²) in [5, 5.41) is 0.115. The third-order valence-corrected chi connectivity index (χ3v) is 5.34. The number of nitrogen functional groups attached to an aromatic ring is 1. The second kappa shape index (κ2) is 5.34. The molecule has 6 heteroatoms. The highest BCUT2D eigenvalue weighted by atomic mass is 35.5. The summed E-state index contributed by atoms with van der Waals surface area (Å²) in [6.45, 7) is 1.93. The van der Waals surface area contributed by atoms with Crippen molar-refractivity contribution in [3.63, 3.8) is 0 Å². The lowest BCUT2D eigenvalue weighted by Gasteiger charge is -2.21. The Morgan fingerprint density at radius 1 is 1.10 bits per heavy atom. The van der Waals surface area contributed by atoms with Crippen LogP contribution >= 0.6 is 11.6 Å². The molecule has 2 aromatic rings. The predicted molar refractivity (Wildman–Crippen MR) is 82.6 cm³/mol. The van der Waals surface area contributed by atoms with E-state index < -0.39 is 10.0 Å². The summed E-state index contributed by atoms with van der Waals surface area (Å²) in [4.78, 5) is -0.0651. The van der Waals surface area contributed by atoms with Crippen molar-refractivity contribution in [2.75, 3.05) is 17.1 Å². The van der Waals surface area contributed by atoms with Crippen molar-refractivity contribution in [2.45, 2.75) is 11.8 Å². The van der Waals surface area contributed by atoms with Crippen LogP contribution in [0.1, 0.15) is 5.56 Å². The molecule has 0 aliphatic rings. The smallest absolute Gasteiger partial charge is 0.267 e. The van der Waals surface area contributed by atoms with Crippen molar-refractivity contribution in [1.29, 1.82) is 0 Å². The Morgan fingerprint density at radius 2 is 1.70 bits per heavy atom. The van der Waals surface area contributed by atoms with E-state index in [9.17, 15) is 8.42 Å². The summed E-state index contributed by atoms with van der Waals surface area (Å²) < 4.78 is 26.4. The van der Waals surface area contributed by atoms with Crippen LogP contribution in [0.15, 0.2) is 47.4 Å². The van der Waals surface area contributed by atoms with E-state index in [2.05, 4.69) is 0 Å². The fourth-order valence-corrected chi connectivity index (χ4v) is 3.66. The summed E-state index contributed by atoms with van der Waals surface area (Å²) >= 11 is 5.98. The van der Waals surface area contributed by atoms with Gasteiger partial charge in [-0.05, 0) is 31.2 Å². The van der Waals surface area contributed by atoms with E-state index in [4.69, 9.17) is 17.3 Å². The van der Waals surface area contributed by atoms with Crippen molar-refractivity contribution in [1.82, 2.24) is 0 Å². The van der Waals surface area contributed by atoms with Crippen molar-refractivity contribution in [3.05, 3.63) is 53.1 Å². The van der Waals surface area contributed by atoms with Crippen molar-refractivity contribution >= 4 is 33.0 Å². The topological polar surface area (TPSA) is 63.4 Å². The van der Waals surface area contributed by atoms with E-state index in [1.807, 2.05) is 19.1 Å². The first kappa shape index (κ1) is 14.7. The molecule has 0 unspecified atom stereocenters. The van der Waals surface area contributed by atoms with Crippen LogP contribution < -0.4 is 10.0 Å². The molecule has 0 saturated heterocycles. The number of nitrogens with two attached hydrogens (primary N) is 1. The molecule has 106 valence electrons. The molecule has 0 aromatic heterocycles. The van der Waals surface area contributed by atoms with Gasteiger partial charge in [0, 0.05) is 7.05 Å². The fourth-order valence-electron chi connectivity index (χ4n) is 1.83. The summed E-state index contributed by atoms with van der Waals surface area (Å²) in [7, 11) is -2.31. The summed E-state index contributed by atoms with van der Waals surface area (Å²) in [5.41, 5.74) is 7.50. The van der Waals surface area contributed by atoms with Crippen LogP contribution in [-0.2, 0) is 10.0 Å². The zero-order chi connectivity index (χ0) is 14.9. The Morgan fingerprint density at radius 3 is 2.25 bits per heavy atom. The monoisotopic (exact) mass is 310 g/mol. The minimum absolute atomic E-state index is 0.0651. The maximum atomic E-state index is 12.6. The summed E-state index contributed by atoms with van der Waals surface area (Å²) in [6, 6.07) is 11.8. The van der Waals surface area contributed by atoms with E-state index >= 15 is 0 Å². The van der Waals surface area contributed by atoms with Crippen molar-refractivity contribution < 1.29 is 8.42 Å². The summed E-state index contributed by atoms with van der Waals surface area (Å²) in [5.74, 6) is 0. The molecule has 0 bridgehead atoms. The second-order valence-electron chi connectivity index (χ2n) is 4.47. The maximum absolute atomic E-state index is 12.6. The van der Waals surface area contributed by atoms with Crippen LogP contribution in [0.5, 0.6) is 0 Å². The molecule has 0 spiro atoms. The normalized spacial score (nSPS) is 11.3. The molecule has 20 heavy (non-hydrogen) atoms. The first-order valence-corrected chi connectivity index (χ1v) is 7.75. The average molecular weight is 311 g/mol. The molecular formula is C14H15ClN2O2S. The van der Waals surface area contributed by atoms with E-state index in [0.29, 0.717) is 5.69 Å². The number of sulfonamides is 1. The number of nitrogens with zero attached hydrogens (tertiary/aromatic N) is 1. The number of rotatable bonds is 3. The van der Waals surface area contributed by atoms with Gasteiger partial charge < -0.3 is 5.73 Å². The van der Waals surface area contributed by atoms with Crippen LogP contribution in [0, 0.1) is 6.92 Å². The average Bonchev–Trinajstić information content (AvgIpc) is 2.38. The molecule has 4 nitrogen and oxygen atoms in total. The number of aryl methyl sites for hydroxylation is 1. The van der Waals surface area contributed by atoms with Crippen molar-refractivity contribution in [3.8, 4) is 0 Å². The molecule has 2 N–H and O–H groups in total. The van der Waals surface area contributed by atoms with Gasteiger partial charge in [0.2, 0.25) is 0 Å². The molecule has 0 radical (unpaired) electrons. The highest BCUT2D eigenvalue weighted by molar-refractivity contribution is 7.93. The molecule has 0 atom stereocenters. The highest BCUT2D eigenvalue weighted by Crippen LogP contribution is 2.31. The maximum Gasteiger partial charge on any atom is 0.267 e. The number of benzene rings is 2. The number of hydrogen-bond donors (Lipinski definition) is 1. The van der Waals surface area contributed by atoms with Crippen LogP contribution in [0.2, 0.25) is 5.02 Å². The van der Waals surface area contributed by atoms with Crippen molar-refractivity contribution in [2.24, 2.45) is 0 Å². The molecule has 2 aromatic carbocycles. The first-order valence-electron chi connectivity index (χ1n) is 5.93. The second-order valence-corrected chi connectivity index (χ2v) is 6.78. The van der Waals surface area contributed by atoms with Gasteiger partial charge in [-0.2, -0.15) is 0 Å². The molecule has 0 aliphatic carbocycles. The fraction of sp³-hybridized carbons (Fsp3) is 0.143. The van der Waals surface area contributed by atoms with E-state index in [-0.39, 0.29) is 15.6 Å². The highest BCUT2D eigenvalue weighted by Gasteiger charge is 2.26. The predicted octanol–water partition coefficient (Wildman–Crippen LogP) is 3.06. The van der Waals surface area contributed by atoms with Gasteiger partial charge >= 0.3 is 0 Å². The minimum Gasteiger partial charge on any atom is -0.398 e. The number of hydrogen-bond acceptors (Lipinski definition) is 3. The Hall–Kier alpha value is -1.72. The lowest BCUT2D eigenvalue weighted by molar-refractivity contribution is 0.595. The lowest BCUT2D eigenvalue weighted by Crippen LogP contribution is -2.27. The van der Waals surface area contributed by atoms with Crippen LogP contribution in [0.4, 0.5) is 11.4 Å². The summed E-state index contributed by atoms with van der Waals surface area (Å²) in [6.07, 6.45) is 0. The van der Waals surface area contributed by atoms with Gasteiger partial charge in [-0.15, -0.1) is 0 Å². The van der Waals surface area contributed by atoms with Crippen LogP contribution in [-0.4, -0.2) is 15.5 Å². The van der Waals surface area contributed by atoms with Gasteiger partial charge in [-0.1, -0.05) is 35.4 Å². The van der Waals surface area contributed by atoms with E-state index in [1.54, 1.807) is 18.2 Å². The van der Waals surface area contributed by atoms with E-state index in [1.165, 1.54) is 23.5 Å². The largest absolute Gasteiger partial charge is 0.398 e. The minimum atomic E-state index is -3.79. The molecule has 0 aliphatic heterocycles. The molecular weight excluding hydrogens is 296 g/mol. The Bertz CT molecular complexity index is 707. The third-order valence-electron chi connectivity index (χ3n) is 3.01. The Kier molecular flexibility index (Phi) is 3.92. The number of halogens is 1. The molecule has 0 fully saturated rings. The van der Waals surface area contributed by atoms with Crippen LogP contribution in [0.25, 0.3) is 0 Å². The Labute approximate surface area is 123 Å². The van der Waals surface area contributed by atoms with Gasteiger partial charge in [0.05, 0.1) is 16.4 Å². The van der Waals surface area contributed by atoms with Gasteiger partial charge in [0.25, 0.3) is 10.0 Å². The van der Waals surface area contributed by atoms with Gasteiger partial charge in [-0.25, -0.2) is 8.42 Å². The third kappa shape index (κ3) is 2.59. The van der Waals surface area contributed by atoms with Gasteiger partial charge in [0.1, 0.15) is 4.90 Å². The van der Waals surface area contributed by atoms with E-state index in [0.717, 1.165) is 5.56 Å². The molecule has 2 rings (SSSR count). The molecule has 0 amide bonds. The Balaban J connectivity index is 2.52. The van der Waals surface area contributed by atoms with Gasteiger partial charge in [0.15, 0.2) is 0 Å². The quantitative estimate of drug-likeness (QED) is 0.886. The SMILES string of the molecule is Cc1ccc(N(C)S(=O)(=O)c2c(N)cccc2Cl)cc1. The standard InChI is InChI=1S/C14H15ClN2O2S/c1-10-6-8-11(9-7-10)17(2)20(18,19)14-12(15)4-3-5-13(14)16/h3-9H,16H2,1-2H3. The zero-order valence-electron chi connectivity index (χ0n) is 11.2. The van der Waals surface area contributed by atoms with Gasteiger partial charge in [-0.3, -0.25) is 4.31 Å². The number of anilines is 2. The molecule has 0 heterocycles. The molecule has 0 saturated carbocycles. The first-order chi connectivity index (χ1) is 9.34. The lowest BCUT2D eigenvalue weighted by atomic mass is 10.2.